The molecule has 0 bridgehead atoms. The van der Waals surface area contributed by atoms with Gasteiger partial charge < -0.3 is 9.72 Å². The molecule has 1 saturated heterocycles. The van der Waals surface area contributed by atoms with Crippen molar-refractivity contribution in [2.45, 2.75) is 36.3 Å². The second kappa shape index (κ2) is 6.41. The molecule has 4 rings (SSSR count). The van der Waals surface area contributed by atoms with Gasteiger partial charge in [0.2, 0.25) is 5.16 Å². The standard InChI is InChI=1S/C17H18N4O2S/c1-10(15(22)12-9-18-13-6-3-2-5-11(12)13)24-17-19-16(20-21-17)14-7-4-8-23-14/h2-3,5-6,9-10,14,18H,4,7-8H2,1H3,(H,19,20,21)/t10-,14-/m1/s1. The number of fused-ring (bicyclic) bond motifs is 1. The Bertz CT molecular complexity index is 866. The number of para-hydroxylation sites is 1. The maximum absolute atomic E-state index is 12.8. The third-order valence-corrected chi connectivity index (χ3v) is 5.18. The number of ketones is 1. The molecule has 0 aliphatic carbocycles. The van der Waals surface area contributed by atoms with E-state index in [-0.39, 0.29) is 17.1 Å². The average molecular weight is 342 g/mol. The number of carbonyl (C=O) groups is 1. The fraction of sp³-hybridized carbons (Fsp3) is 0.353. The van der Waals surface area contributed by atoms with E-state index in [1.54, 1.807) is 6.20 Å². The Kier molecular flexibility index (Phi) is 4.12. The normalized spacial score (nSPS) is 19.0. The third-order valence-electron chi connectivity index (χ3n) is 4.22. The van der Waals surface area contributed by atoms with Gasteiger partial charge in [0, 0.05) is 29.3 Å². The molecule has 2 atom stereocenters. The van der Waals surface area contributed by atoms with Crippen LogP contribution in [0.15, 0.2) is 35.6 Å². The third kappa shape index (κ3) is 2.85. The fourth-order valence-electron chi connectivity index (χ4n) is 2.95. The maximum Gasteiger partial charge on any atom is 0.209 e. The van der Waals surface area contributed by atoms with Crippen molar-refractivity contribution in [3.8, 4) is 0 Å². The van der Waals surface area contributed by atoms with Crippen LogP contribution in [0.25, 0.3) is 10.9 Å². The molecule has 1 fully saturated rings. The summed E-state index contributed by atoms with van der Waals surface area (Å²) in [7, 11) is 0. The van der Waals surface area contributed by atoms with E-state index in [9.17, 15) is 4.79 Å². The van der Waals surface area contributed by atoms with Crippen LogP contribution in [-0.4, -0.2) is 37.8 Å². The Morgan fingerprint density at radius 2 is 2.29 bits per heavy atom. The van der Waals surface area contributed by atoms with E-state index in [2.05, 4.69) is 20.2 Å². The molecule has 0 amide bonds. The summed E-state index contributed by atoms with van der Waals surface area (Å²) in [6, 6.07) is 7.81. The predicted octanol–water partition coefficient (Wildman–Crippen LogP) is 3.50. The molecule has 7 heteroatoms. The van der Waals surface area contributed by atoms with Crippen LogP contribution in [0, 0.1) is 0 Å². The summed E-state index contributed by atoms with van der Waals surface area (Å²) in [6.45, 7) is 2.65. The van der Waals surface area contributed by atoms with E-state index >= 15 is 0 Å². The van der Waals surface area contributed by atoms with Gasteiger partial charge in [-0.25, -0.2) is 4.98 Å². The van der Waals surface area contributed by atoms with Crippen LogP contribution in [0.2, 0.25) is 0 Å². The van der Waals surface area contributed by atoms with E-state index in [0.717, 1.165) is 36.2 Å². The Morgan fingerprint density at radius 3 is 3.12 bits per heavy atom. The molecule has 0 radical (unpaired) electrons. The first-order chi connectivity index (χ1) is 11.7. The molecule has 2 N–H and O–H groups in total. The summed E-state index contributed by atoms with van der Waals surface area (Å²) in [5.41, 5.74) is 1.68. The minimum atomic E-state index is -0.266. The summed E-state index contributed by atoms with van der Waals surface area (Å²) in [4.78, 5) is 20.4. The number of hydrogen-bond donors (Lipinski definition) is 2. The van der Waals surface area contributed by atoms with E-state index in [0.29, 0.717) is 10.7 Å². The van der Waals surface area contributed by atoms with Crippen molar-refractivity contribution in [3.05, 3.63) is 41.9 Å². The minimum absolute atomic E-state index is 0.00600. The highest BCUT2D eigenvalue weighted by Gasteiger charge is 2.24. The smallest absolute Gasteiger partial charge is 0.209 e. The molecule has 6 nitrogen and oxygen atoms in total. The number of aromatic amines is 2. The number of Topliss-reactive ketones (excluding diaryl/α,β-unsaturated/α-hetero) is 1. The van der Waals surface area contributed by atoms with Gasteiger partial charge in [0.1, 0.15) is 6.10 Å². The lowest BCUT2D eigenvalue weighted by molar-refractivity contribution is 0.0995. The average Bonchev–Trinajstić information content (AvgIpc) is 3.33. The second-order valence-corrected chi connectivity index (χ2v) is 7.19. The molecule has 3 aromatic rings. The monoisotopic (exact) mass is 342 g/mol. The Labute approximate surface area is 143 Å². The first-order valence-electron chi connectivity index (χ1n) is 8.03. The predicted molar refractivity (Wildman–Crippen MR) is 92.3 cm³/mol. The van der Waals surface area contributed by atoms with E-state index in [4.69, 9.17) is 4.74 Å². The van der Waals surface area contributed by atoms with Crippen molar-refractivity contribution in [2.24, 2.45) is 0 Å². The zero-order valence-electron chi connectivity index (χ0n) is 13.3. The lowest BCUT2D eigenvalue weighted by Crippen LogP contribution is -2.13. The summed E-state index contributed by atoms with van der Waals surface area (Å²) < 4.78 is 5.60. The number of rotatable bonds is 5. The van der Waals surface area contributed by atoms with Crippen LogP contribution in [0.1, 0.15) is 42.1 Å². The van der Waals surface area contributed by atoms with Crippen LogP contribution < -0.4 is 0 Å². The molecule has 3 heterocycles. The topological polar surface area (TPSA) is 83.7 Å². The molecular weight excluding hydrogens is 324 g/mol. The molecule has 1 aromatic carbocycles. The first kappa shape index (κ1) is 15.4. The van der Waals surface area contributed by atoms with Crippen LogP contribution in [-0.2, 0) is 4.74 Å². The molecule has 0 unspecified atom stereocenters. The van der Waals surface area contributed by atoms with Crippen molar-refractivity contribution in [2.75, 3.05) is 6.61 Å². The Morgan fingerprint density at radius 1 is 1.42 bits per heavy atom. The van der Waals surface area contributed by atoms with E-state index in [1.807, 2.05) is 31.2 Å². The maximum atomic E-state index is 12.8. The molecule has 24 heavy (non-hydrogen) atoms. The van der Waals surface area contributed by atoms with Gasteiger partial charge >= 0.3 is 0 Å². The highest BCUT2D eigenvalue weighted by atomic mass is 32.2. The number of nitrogens with one attached hydrogen (secondary N) is 2. The summed E-state index contributed by atoms with van der Waals surface area (Å²) in [6.07, 6.45) is 3.79. The number of nitrogens with zero attached hydrogens (tertiary/aromatic N) is 2. The van der Waals surface area contributed by atoms with Gasteiger partial charge in [-0.15, -0.1) is 5.10 Å². The van der Waals surface area contributed by atoms with Crippen molar-refractivity contribution < 1.29 is 9.53 Å². The zero-order chi connectivity index (χ0) is 16.5. The van der Waals surface area contributed by atoms with Crippen molar-refractivity contribution in [1.82, 2.24) is 20.2 Å². The lowest BCUT2D eigenvalue weighted by Gasteiger charge is -2.07. The number of hydrogen-bond acceptors (Lipinski definition) is 5. The molecule has 1 aliphatic heterocycles. The van der Waals surface area contributed by atoms with Crippen LogP contribution in [0.5, 0.6) is 0 Å². The number of benzene rings is 1. The van der Waals surface area contributed by atoms with Crippen molar-refractivity contribution >= 4 is 28.4 Å². The van der Waals surface area contributed by atoms with Gasteiger partial charge in [0.25, 0.3) is 0 Å². The Hall–Kier alpha value is -2.12. The second-order valence-electron chi connectivity index (χ2n) is 5.88. The van der Waals surface area contributed by atoms with Crippen LogP contribution in [0.4, 0.5) is 0 Å². The number of thioether (sulfide) groups is 1. The van der Waals surface area contributed by atoms with Gasteiger partial charge in [0.15, 0.2) is 11.6 Å². The quantitative estimate of drug-likeness (QED) is 0.548. The molecule has 1 aliphatic rings. The lowest BCUT2D eigenvalue weighted by atomic mass is 10.1. The number of aromatic nitrogens is 4. The van der Waals surface area contributed by atoms with Gasteiger partial charge in [0.05, 0.1) is 5.25 Å². The number of carbonyl (C=O) groups excluding carboxylic acids is 1. The highest BCUT2D eigenvalue weighted by molar-refractivity contribution is 8.00. The minimum Gasteiger partial charge on any atom is -0.370 e. The van der Waals surface area contributed by atoms with Crippen LogP contribution >= 0.6 is 11.8 Å². The fourth-order valence-corrected chi connectivity index (χ4v) is 3.75. The molecule has 0 spiro atoms. The Balaban J connectivity index is 1.49. The SMILES string of the molecule is C[C@@H](Sc1n[nH]c([C@H]2CCCO2)n1)C(=O)c1c[nH]c2ccccc12. The van der Waals surface area contributed by atoms with Crippen molar-refractivity contribution in [3.63, 3.8) is 0 Å². The molecule has 0 saturated carbocycles. The van der Waals surface area contributed by atoms with Gasteiger partial charge in [-0.2, -0.15) is 0 Å². The van der Waals surface area contributed by atoms with Gasteiger partial charge in [-0.05, 0) is 25.8 Å². The summed E-state index contributed by atoms with van der Waals surface area (Å²) in [5, 5.41) is 8.41. The van der Waals surface area contributed by atoms with Gasteiger partial charge in [-0.1, -0.05) is 30.0 Å². The summed E-state index contributed by atoms with van der Waals surface area (Å²) >= 11 is 1.37. The first-order valence-corrected chi connectivity index (χ1v) is 8.91. The largest absolute Gasteiger partial charge is 0.370 e. The number of H-pyrrole nitrogens is 2. The van der Waals surface area contributed by atoms with E-state index in [1.165, 1.54) is 11.8 Å². The van der Waals surface area contributed by atoms with E-state index < -0.39 is 0 Å². The zero-order valence-corrected chi connectivity index (χ0v) is 14.1. The van der Waals surface area contributed by atoms with Gasteiger partial charge in [-0.3, -0.25) is 9.89 Å². The molecule has 2 aromatic heterocycles. The molecule has 124 valence electrons. The highest BCUT2D eigenvalue weighted by Crippen LogP contribution is 2.29. The van der Waals surface area contributed by atoms with Crippen molar-refractivity contribution in [1.29, 1.82) is 0 Å². The molecular formula is C17H18N4O2S. The summed E-state index contributed by atoms with van der Waals surface area (Å²) in [5.74, 6) is 0.822. The van der Waals surface area contributed by atoms with Crippen LogP contribution in [0.3, 0.4) is 0 Å². The number of ether oxygens (including phenoxy) is 1.